The quantitative estimate of drug-likeness (QED) is 0.876. The van der Waals surface area contributed by atoms with Crippen LogP contribution in [0.3, 0.4) is 0 Å². The third-order valence-electron chi connectivity index (χ3n) is 4.60. The Bertz CT molecular complexity index is 781. The first-order valence-electron chi connectivity index (χ1n) is 8.14. The number of fused-ring (bicyclic) bond motifs is 1. The number of nitrogens with two attached hydrogens (primary N) is 1. The minimum Gasteiger partial charge on any atom is -0.423 e. The zero-order chi connectivity index (χ0) is 16.4. The Kier molecular flexibility index (Phi) is 4.48. The molecule has 5 nitrogen and oxygen atoms in total. The van der Waals surface area contributed by atoms with Gasteiger partial charge in [0.25, 0.3) is 0 Å². The van der Waals surface area contributed by atoms with E-state index in [0.29, 0.717) is 18.7 Å². The lowest BCUT2D eigenvalue weighted by Crippen LogP contribution is -2.40. The molecule has 2 N–H and O–H groups in total. The predicted octanol–water partition coefficient (Wildman–Crippen LogP) is 2.05. The van der Waals surface area contributed by atoms with Gasteiger partial charge in [0.2, 0.25) is 5.91 Å². The molecule has 1 aromatic heterocycles. The molecule has 122 valence electrons. The van der Waals surface area contributed by atoms with Crippen molar-refractivity contribution < 1.29 is 9.21 Å². The van der Waals surface area contributed by atoms with Gasteiger partial charge in [-0.1, -0.05) is 19.1 Å². The molecule has 1 aliphatic heterocycles. The summed E-state index contributed by atoms with van der Waals surface area (Å²) in [6.07, 6.45) is 2.70. The van der Waals surface area contributed by atoms with E-state index in [9.17, 15) is 9.59 Å². The molecule has 1 amide bonds. The highest BCUT2D eigenvalue weighted by molar-refractivity contribution is 5.81. The normalized spacial score (nSPS) is 19.1. The van der Waals surface area contributed by atoms with Crippen LogP contribution in [-0.2, 0) is 17.8 Å². The summed E-state index contributed by atoms with van der Waals surface area (Å²) in [7, 11) is 0. The molecule has 1 fully saturated rings. The van der Waals surface area contributed by atoms with E-state index in [4.69, 9.17) is 10.2 Å². The van der Waals surface area contributed by atoms with Gasteiger partial charge in [-0.05, 0) is 43.0 Å². The van der Waals surface area contributed by atoms with Gasteiger partial charge in [-0.15, -0.1) is 0 Å². The molecular formula is C18H22N2O3. The van der Waals surface area contributed by atoms with Crippen molar-refractivity contribution in [1.29, 1.82) is 0 Å². The number of piperidine rings is 1. The molecule has 2 aromatic rings. The van der Waals surface area contributed by atoms with Crippen LogP contribution in [-0.4, -0.2) is 23.9 Å². The number of aryl methyl sites for hydroxylation is 1. The van der Waals surface area contributed by atoms with Gasteiger partial charge in [-0.25, -0.2) is 4.79 Å². The molecule has 1 atom stereocenters. The van der Waals surface area contributed by atoms with Crippen molar-refractivity contribution >= 4 is 16.9 Å². The molecule has 0 bridgehead atoms. The van der Waals surface area contributed by atoms with Gasteiger partial charge in [-0.3, -0.25) is 9.69 Å². The van der Waals surface area contributed by atoms with Crippen LogP contribution in [0.4, 0.5) is 0 Å². The maximum Gasteiger partial charge on any atom is 0.336 e. The van der Waals surface area contributed by atoms with E-state index in [0.717, 1.165) is 42.3 Å². The summed E-state index contributed by atoms with van der Waals surface area (Å²) in [5.74, 6) is -0.332. The molecule has 23 heavy (non-hydrogen) atoms. The van der Waals surface area contributed by atoms with Crippen LogP contribution in [0.1, 0.15) is 30.9 Å². The van der Waals surface area contributed by atoms with E-state index in [1.165, 1.54) is 0 Å². The highest BCUT2D eigenvalue weighted by Gasteiger charge is 2.24. The number of carbonyl (C=O) groups excluding carboxylic acids is 1. The fraction of sp³-hybridized carbons (Fsp3) is 0.444. The lowest BCUT2D eigenvalue weighted by atomic mass is 9.96. The van der Waals surface area contributed by atoms with Crippen molar-refractivity contribution in [2.75, 3.05) is 13.1 Å². The summed E-state index contributed by atoms with van der Waals surface area (Å²) in [6.45, 7) is 4.28. The molecule has 1 saturated heterocycles. The number of benzene rings is 1. The molecule has 1 aromatic carbocycles. The van der Waals surface area contributed by atoms with Crippen LogP contribution in [0, 0.1) is 5.92 Å². The van der Waals surface area contributed by atoms with Gasteiger partial charge < -0.3 is 10.2 Å². The van der Waals surface area contributed by atoms with E-state index in [1.807, 2.05) is 12.1 Å². The second kappa shape index (κ2) is 6.54. The number of rotatable bonds is 4. The Balaban J connectivity index is 1.90. The van der Waals surface area contributed by atoms with Gasteiger partial charge in [-0.2, -0.15) is 0 Å². The minimum absolute atomic E-state index is 0.0955. The fourth-order valence-corrected chi connectivity index (χ4v) is 3.30. The van der Waals surface area contributed by atoms with E-state index in [-0.39, 0.29) is 17.5 Å². The summed E-state index contributed by atoms with van der Waals surface area (Å²) >= 11 is 0. The molecule has 0 saturated carbocycles. The van der Waals surface area contributed by atoms with Crippen LogP contribution < -0.4 is 11.4 Å². The number of amides is 1. The Morgan fingerprint density at radius 2 is 2.22 bits per heavy atom. The topological polar surface area (TPSA) is 76.5 Å². The van der Waals surface area contributed by atoms with Gasteiger partial charge in [0.15, 0.2) is 0 Å². The molecule has 3 rings (SSSR count). The highest BCUT2D eigenvalue weighted by atomic mass is 16.4. The largest absolute Gasteiger partial charge is 0.423 e. The molecule has 0 radical (unpaired) electrons. The number of nitrogens with zero attached hydrogens (tertiary/aromatic N) is 1. The van der Waals surface area contributed by atoms with Crippen LogP contribution in [0.2, 0.25) is 0 Å². The van der Waals surface area contributed by atoms with Crippen LogP contribution >= 0.6 is 0 Å². The zero-order valence-corrected chi connectivity index (χ0v) is 13.4. The standard InChI is InChI=1S/C18H22N2O3/c1-2-12-5-6-15-14(9-17(21)23-16(15)8-12)11-20-7-3-4-13(10-20)18(19)22/h5-6,8-9,13H,2-4,7,10-11H2,1H3,(H2,19,22)/t13-/m1/s1. The Morgan fingerprint density at radius 1 is 1.39 bits per heavy atom. The van der Waals surface area contributed by atoms with Crippen molar-refractivity contribution in [3.63, 3.8) is 0 Å². The number of primary amides is 1. The Hall–Kier alpha value is -2.14. The molecule has 0 unspecified atom stereocenters. The second-order valence-corrected chi connectivity index (χ2v) is 6.25. The van der Waals surface area contributed by atoms with Crippen molar-refractivity contribution in [2.24, 2.45) is 11.7 Å². The maximum absolute atomic E-state index is 11.9. The van der Waals surface area contributed by atoms with Gasteiger partial charge in [0.1, 0.15) is 5.58 Å². The highest BCUT2D eigenvalue weighted by Crippen LogP contribution is 2.23. The molecule has 0 aliphatic carbocycles. The third-order valence-corrected chi connectivity index (χ3v) is 4.60. The first kappa shape index (κ1) is 15.7. The maximum atomic E-state index is 11.9. The van der Waals surface area contributed by atoms with E-state index >= 15 is 0 Å². The monoisotopic (exact) mass is 314 g/mol. The number of hydrogen-bond donors (Lipinski definition) is 1. The van der Waals surface area contributed by atoms with Crippen LogP contribution in [0.5, 0.6) is 0 Å². The fourth-order valence-electron chi connectivity index (χ4n) is 3.30. The lowest BCUT2D eigenvalue weighted by Gasteiger charge is -2.31. The summed E-state index contributed by atoms with van der Waals surface area (Å²) in [5, 5.41) is 0.961. The first-order chi connectivity index (χ1) is 11.1. The molecule has 0 spiro atoms. The summed E-state index contributed by atoms with van der Waals surface area (Å²) in [5.41, 5.74) is 7.84. The number of likely N-dealkylation sites (tertiary alicyclic amines) is 1. The average molecular weight is 314 g/mol. The third kappa shape index (κ3) is 3.45. The van der Waals surface area contributed by atoms with Crippen molar-refractivity contribution in [3.8, 4) is 0 Å². The summed E-state index contributed by atoms with van der Waals surface area (Å²) in [6, 6.07) is 7.57. The Morgan fingerprint density at radius 3 is 2.96 bits per heavy atom. The minimum atomic E-state index is -0.329. The summed E-state index contributed by atoms with van der Waals surface area (Å²) < 4.78 is 5.35. The van der Waals surface area contributed by atoms with E-state index < -0.39 is 0 Å². The molecule has 2 heterocycles. The van der Waals surface area contributed by atoms with E-state index in [1.54, 1.807) is 6.07 Å². The van der Waals surface area contributed by atoms with Crippen LogP contribution in [0.15, 0.2) is 33.5 Å². The van der Waals surface area contributed by atoms with Crippen LogP contribution in [0.25, 0.3) is 11.0 Å². The smallest absolute Gasteiger partial charge is 0.336 e. The van der Waals surface area contributed by atoms with Gasteiger partial charge in [0, 0.05) is 24.5 Å². The van der Waals surface area contributed by atoms with Crippen molar-refractivity contribution in [2.45, 2.75) is 32.7 Å². The first-order valence-corrected chi connectivity index (χ1v) is 8.14. The predicted molar refractivity (Wildman–Crippen MR) is 89.1 cm³/mol. The van der Waals surface area contributed by atoms with E-state index in [2.05, 4.69) is 17.9 Å². The molecule has 5 heteroatoms. The Labute approximate surface area is 135 Å². The van der Waals surface area contributed by atoms with Gasteiger partial charge in [0.05, 0.1) is 5.92 Å². The lowest BCUT2D eigenvalue weighted by molar-refractivity contribution is -0.123. The van der Waals surface area contributed by atoms with Crippen molar-refractivity contribution in [1.82, 2.24) is 4.90 Å². The number of carbonyl (C=O) groups is 1. The summed E-state index contributed by atoms with van der Waals surface area (Å²) in [4.78, 5) is 25.5. The molecular weight excluding hydrogens is 292 g/mol. The zero-order valence-electron chi connectivity index (χ0n) is 13.4. The van der Waals surface area contributed by atoms with Crippen molar-refractivity contribution in [3.05, 3.63) is 45.8 Å². The average Bonchev–Trinajstić information content (AvgIpc) is 2.54. The SMILES string of the molecule is CCc1ccc2c(CN3CCC[C@@H](C(N)=O)C3)cc(=O)oc2c1. The molecule has 1 aliphatic rings. The second-order valence-electron chi connectivity index (χ2n) is 6.25. The number of hydrogen-bond acceptors (Lipinski definition) is 4. The van der Waals surface area contributed by atoms with Gasteiger partial charge >= 0.3 is 5.63 Å².